The normalized spacial score (nSPS) is 8.38. The first kappa shape index (κ1) is 11.8. The molecule has 0 aliphatic carbocycles. The second-order valence-corrected chi connectivity index (χ2v) is 2.27. The van der Waals surface area contributed by atoms with Crippen LogP contribution in [0.2, 0.25) is 0 Å². The van der Waals surface area contributed by atoms with E-state index >= 15 is 0 Å². The van der Waals surface area contributed by atoms with Crippen LogP contribution in [0.5, 0.6) is 0 Å². The molecule has 0 saturated heterocycles. The number of carboxylic acids is 1. The van der Waals surface area contributed by atoms with Gasteiger partial charge in [0.1, 0.15) is 4.84 Å². The number of alkyl halides is 2. The summed E-state index contributed by atoms with van der Waals surface area (Å²) in [6.45, 7) is 0. The van der Waals surface area contributed by atoms with Crippen LogP contribution in [0.4, 0.5) is 0 Å². The summed E-state index contributed by atoms with van der Waals surface area (Å²) < 4.78 is 0. The fraction of sp³-hybridized carbons (Fsp3) is 0.667. The molecule has 5 heteroatoms. The summed E-state index contributed by atoms with van der Waals surface area (Å²) in [5.41, 5.74) is 0. The van der Waals surface area contributed by atoms with Gasteiger partial charge in [0.15, 0.2) is 0 Å². The number of hydrogen-bond donors (Lipinski definition) is 1. The predicted molar refractivity (Wildman–Crippen MR) is 34.9 cm³/mol. The van der Waals surface area contributed by atoms with E-state index in [0.29, 0.717) is 0 Å². The van der Waals surface area contributed by atoms with Gasteiger partial charge in [-0.3, -0.25) is 4.79 Å². The molecule has 0 aromatic rings. The van der Waals surface area contributed by atoms with Gasteiger partial charge in [-0.05, 0) is 0 Å². The fourth-order valence-corrected chi connectivity index (χ4v) is 0.396. The molecule has 0 unspecified atom stereocenters. The van der Waals surface area contributed by atoms with Crippen LogP contribution < -0.4 is 0 Å². The van der Waals surface area contributed by atoms with Crippen LogP contribution in [-0.4, -0.2) is 45.5 Å². The molecule has 0 amide bonds. The quantitative estimate of drug-likeness (QED) is 0.483. The van der Waals surface area contributed by atoms with Crippen molar-refractivity contribution in [3.8, 4) is 0 Å². The Morgan fingerprint density at radius 3 is 2.00 bits per heavy atom. The second-order valence-electron chi connectivity index (χ2n) is 0.989. The molecule has 0 spiro atoms. The molecule has 0 aromatic heterocycles. The van der Waals surface area contributed by atoms with Crippen LogP contribution >= 0.6 is 23.2 Å². The Kier molecular flexibility index (Phi) is 9.11. The van der Waals surface area contributed by atoms with Crippen molar-refractivity contribution in [1.82, 2.24) is 0 Å². The van der Waals surface area contributed by atoms with Crippen molar-refractivity contribution in [2.45, 2.75) is 11.3 Å². The third kappa shape index (κ3) is 10.1. The van der Waals surface area contributed by atoms with E-state index in [9.17, 15) is 4.79 Å². The van der Waals surface area contributed by atoms with Crippen molar-refractivity contribution in [1.29, 1.82) is 0 Å². The van der Waals surface area contributed by atoms with Crippen molar-refractivity contribution >= 4 is 58.7 Å². The predicted octanol–water partition coefficient (Wildman–Crippen LogP) is 0.616. The molecule has 0 heterocycles. The molecule has 1 N–H and O–H groups in total. The Morgan fingerprint density at radius 1 is 1.62 bits per heavy atom. The summed E-state index contributed by atoms with van der Waals surface area (Å²) in [6, 6.07) is 0. The van der Waals surface area contributed by atoms with Gasteiger partial charge in [0, 0.05) is 0 Å². The number of rotatable bonds is 2. The van der Waals surface area contributed by atoms with Crippen LogP contribution in [0.3, 0.4) is 0 Å². The van der Waals surface area contributed by atoms with E-state index < -0.39 is 10.8 Å². The molecule has 0 aliphatic heterocycles. The number of hydrogen-bond acceptors (Lipinski definition) is 1. The SMILES string of the molecule is O=C(O)CC(Cl)Cl.[NaH]. The van der Waals surface area contributed by atoms with Gasteiger partial charge in [-0.15, -0.1) is 23.2 Å². The average Bonchev–Trinajstić information content (AvgIpc) is 1.27. The Morgan fingerprint density at radius 2 is 2.00 bits per heavy atom. The zero-order chi connectivity index (χ0) is 5.86. The topological polar surface area (TPSA) is 37.3 Å². The zero-order valence-electron chi connectivity index (χ0n) is 3.40. The van der Waals surface area contributed by atoms with E-state index in [2.05, 4.69) is 0 Å². The molecular weight excluding hydrogens is 162 g/mol. The van der Waals surface area contributed by atoms with Crippen LogP contribution in [-0.2, 0) is 4.79 Å². The Hall–Kier alpha value is 1.05. The van der Waals surface area contributed by atoms with Gasteiger partial charge < -0.3 is 5.11 Å². The Balaban J connectivity index is 0. The fourth-order valence-electron chi connectivity index (χ4n) is 0.132. The molecule has 2 nitrogen and oxygen atoms in total. The Labute approximate surface area is 79.4 Å². The first-order chi connectivity index (χ1) is 3.13. The third-order valence-corrected chi connectivity index (χ3v) is 0.638. The van der Waals surface area contributed by atoms with Crippen LogP contribution in [0.1, 0.15) is 6.42 Å². The standard InChI is InChI=1S/C3H4Cl2O2.Na.H/c4-2(5)1-3(6)7;;/h2H,1H2,(H,6,7);;. The maximum atomic E-state index is 9.64. The molecule has 8 heavy (non-hydrogen) atoms. The molecular formula is C3H5Cl2NaO2. The minimum absolute atomic E-state index is 0. The molecule has 0 atom stereocenters. The Bertz CT molecular complexity index is 75.7. The molecule has 0 aliphatic rings. The molecule has 0 bridgehead atoms. The summed E-state index contributed by atoms with van der Waals surface area (Å²) in [4.78, 5) is 8.86. The van der Waals surface area contributed by atoms with Crippen molar-refractivity contribution in [3.05, 3.63) is 0 Å². The number of carboxylic acid groups (broad SMARTS) is 1. The van der Waals surface area contributed by atoms with E-state index in [-0.39, 0.29) is 36.0 Å². The zero-order valence-corrected chi connectivity index (χ0v) is 4.91. The van der Waals surface area contributed by atoms with E-state index in [1.165, 1.54) is 0 Å². The van der Waals surface area contributed by atoms with E-state index in [0.717, 1.165) is 0 Å². The third-order valence-electron chi connectivity index (χ3n) is 0.329. The van der Waals surface area contributed by atoms with Crippen molar-refractivity contribution in [2.24, 2.45) is 0 Å². The minimum atomic E-state index is -0.977. The average molecular weight is 167 g/mol. The van der Waals surface area contributed by atoms with Gasteiger partial charge >= 0.3 is 35.5 Å². The monoisotopic (exact) mass is 166 g/mol. The van der Waals surface area contributed by atoms with E-state index in [1.807, 2.05) is 0 Å². The van der Waals surface area contributed by atoms with Crippen LogP contribution in [0, 0.1) is 0 Å². The van der Waals surface area contributed by atoms with Crippen molar-refractivity contribution in [3.63, 3.8) is 0 Å². The summed E-state index contributed by atoms with van der Waals surface area (Å²) in [5.74, 6) is -0.977. The van der Waals surface area contributed by atoms with E-state index in [1.54, 1.807) is 0 Å². The van der Waals surface area contributed by atoms with Gasteiger partial charge in [0.25, 0.3) is 0 Å². The van der Waals surface area contributed by atoms with Gasteiger partial charge in [0.05, 0.1) is 6.42 Å². The first-order valence-corrected chi connectivity index (χ1v) is 2.50. The molecule has 0 rings (SSSR count). The van der Waals surface area contributed by atoms with Crippen LogP contribution in [0.25, 0.3) is 0 Å². The summed E-state index contributed by atoms with van der Waals surface area (Å²) >= 11 is 10.1. The summed E-state index contributed by atoms with van der Waals surface area (Å²) in [5, 5.41) is 7.92. The van der Waals surface area contributed by atoms with Gasteiger partial charge in [-0.1, -0.05) is 0 Å². The molecule has 0 fully saturated rings. The van der Waals surface area contributed by atoms with E-state index in [4.69, 9.17) is 28.3 Å². The van der Waals surface area contributed by atoms with Crippen molar-refractivity contribution < 1.29 is 9.90 Å². The van der Waals surface area contributed by atoms with Crippen molar-refractivity contribution in [2.75, 3.05) is 0 Å². The van der Waals surface area contributed by atoms with Gasteiger partial charge in [-0.2, -0.15) is 0 Å². The molecule has 0 saturated carbocycles. The second kappa shape index (κ2) is 6.17. The molecule has 0 radical (unpaired) electrons. The number of carbonyl (C=O) groups is 1. The summed E-state index contributed by atoms with van der Waals surface area (Å²) in [7, 11) is 0. The molecule has 44 valence electrons. The molecule has 0 aromatic carbocycles. The van der Waals surface area contributed by atoms with Crippen LogP contribution in [0.15, 0.2) is 0 Å². The van der Waals surface area contributed by atoms with Gasteiger partial charge in [0.2, 0.25) is 0 Å². The first-order valence-electron chi connectivity index (χ1n) is 1.63. The number of aliphatic carboxylic acids is 1. The maximum absolute atomic E-state index is 9.64. The number of halogens is 2. The van der Waals surface area contributed by atoms with Gasteiger partial charge in [-0.25, -0.2) is 0 Å². The summed E-state index contributed by atoms with van der Waals surface area (Å²) in [6.07, 6.45) is -0.191.